The maximum Gasteiger partial charge on any atom is 0.251 e. The number of benzene rings is 1. The van der Waals surface area contributed by atoms with Gasteiger partial charge in [0, 0.05) is 31.4 Å². The lowest BCUT2D eigenvalue weighted by molar-refractivity contribution is 0.0951. The quantitative estimate of drug-likeness (QED) is 0.695. The first-order valence-electron chi connectivity index (χ1n) is 8.32. The number of amides is 1. The summed E-state index contributed by atoms with van der Waals surface area (Å²) in [6.45, 7) is 2.28. The van der Waals surface area contributed by atoms with Gasteiger partial charge in [0.15, 0.2) is 0 Å². The Bertz CT molecular complexity index is 628. The molecule has 0 aliphatic heterocycles. The second-order valence-corrected chi connectivity index (χ2v) is 6.00. The van der Waals surface area contributed by atoms with Gasteiger partial charge in [0.25, 0.3) is 5.91 Å². The van der Waals surface area contributed by atoms with Crippen molar-refractivity contribution in [1.29, 1.82) is 0 Å². The first kappa shape index (κ1) is 17.9. The van der Waals surface area contributed by atoms with E-state index in [4.69, 9.17) is 0 Å². The zero-order chi connectivity index (χ0) is 17.2. The first-order chi connectivity index (χ1) is 11.6. The minimum absolute atomic E-state index is 0.0633. The van der Waals surface area contributed by atoms with E-state index in [9.17, 15) is 4.79 Å². The Hall–Kier alpha value is -2.40. The van der Waals surface area contributed by atoms with Crippen molar-refractivity contribution >= 4 is 11.7 Å². The monoisotopic (exact) mass is 326 g/mol. The van der Waals surface area contributed by atoms with E-state index in [2.05, 4.69) is 39.9 Å². The zero-order valence-corrected chi connectivity index (χ0v) is 14.5. The van der Waals surface area contributed by atoms with E-state index in [-0.39, 0.29) is 5.91 Å². The average molecular weight is 326 g/mol. The van der Waals surface area contributed by atoms with Crippen molar-refractivity contribution in [3.63, 3.8) is 0 Å². The minimum atomic E-state index is -0.0633. The van der Waals surface area contributed by atoms with Gasteiger partial charge < -0.3 is 15.5 Å². The van der Waals surface area contributed by atoms with Gasteiger partial charge in [-0.2, -0.15) is 0 Å². The second-order valence-electron chi connectivity index (χ2n) is 6.00. The molecule has 0 radical (unpaired) electrons. The lowest BCUT2D eigenvalue weighted by Crippen LogP contribution is -2.31. The molecule has 0 aliphatic carbocycles. The molecule has 0 atom stereocenters. The second kappa shape index (κ2) is 9.67. The van der Waals surface area contributed by atoms with Crippen LogP contribution in [0.3, 0.4) is 0 Å². The van der Waals surface area contributed by atoms with Crippen LogP contribution in [0.4, 0.5) is 5.82 Å². The minimum Gasteiger partial charge on any atom is -0.370 e. The van der Waals surface area contributed by atoms with Gasteiger partial charge in [-0.05, 0) is 44.6 Å². The van der Waals surface area contributed by atoms with Gasteiger partial charge in [0.05, 0.1) is 0 Å². The van der Waals surface area contributed by atoms with Gasteiger partial charge >= 0.3 is 0 Å². The van der Waals surface area contributed by atoms with Crippen molar-refractivity contribution in [2.75, 3.05) is 39.0 Å². The number of nitrogens with one attached hydrogen (secondary N) is 2. The summed E-state index contributed by atoms with van der Waals surface area (Å²) in [6, 6.07) is 14.0. The third-order valence-electron chi connectivity index (χ3n) is 3.66. The fourth-order valence-corrected chi connectivity index (χ4v) is 2.32. The fraction of sp³-hybridized carbons (Fsp3) is 0.368. The molecule has 0 unspecified atom stereocenters. The molecular formula is C19H26N4O. The lowest BCUT2D eigenvalue weighted by Gasteiger charge is -2.11. The van der Waals surface area contributed by atoms with Crippen LogP contribution in [0.1, 0.15) is 22.3 Å². The number of aromatic nitrogens is 1. The molecule has 0 fully saturated rings. The summed E-state index contributed by atoms with van der Waals surface area (Å²) in [5.74, 6) is 0.676. The third-order valence-corrected chi connectivity index (χ3v) is 3.66. The first-order valence-corrected chi connectivity index (χ1v) is 8.32. The maximum atomic E-state index is 12.1. The number of carbonyl (C=O) groups is 1. The fourth-order valence-electron chi connectivity index (χ4n) is 2.32. The smallest absolute Gasteiger partial charge is 0.251 e. The number of nitrogens with zero attached hydrogens (tertiary/aromatic N) is 2. The largest absolute Gasteiger partial charge is 0.370 e. The number of likely N-dealkylation sites (N-methyl/N-ethyl adjacent to an activating group) is 1. The Morgan fingerprint density at radius 2 is 1.92 bits per heavy atom. The summed E-state index contributed by atoms with van der Waals surface area (Å²) in [7, 11) is 3.96. The Morgan fingerprint density at radius 3 is 2.67 bits per heavy atom. The van der Waals surface area contributed by atoms with Crippen LogP contribution in [-0.2, 0) is 6.42 Å². The molecule has 2 N–H and O–H groups in total. The van der Waals surface area contributed by atoms with Crippen LogP contribution in [0, 0.1) is 0 Å². The molecule has 2 aromatic rings. The summed E-state index contributed by atoms with van der Waals surface area (Å²) in [5.41, 5.74) is 1.97. The third kappa shape index (κ3) is 6.38. The summed E-state index contributed by atoms with van der Waals surface area (Å²) in [4.78, 5) is 18.4. The van der Waals surface area contributed by atoms with Gasteiger partial charge in [0.1, 0.15) is 5.82 Å². The topological polar surface area (TPSA) is 57.3 Å². The highest BCUT2D eigenvalue weighted by molar-refractivity contribution is 5.94. The van der Waals surface area contributed by atoms with Crippen LogP contribution in [0.5, 0.6) is 0 Å². The molecule has 1 heterocycles. The Kier molecular flexibility index (Phi) is 7.23. The highest BCUT2D eigenvalue weighted by Gasteiger charge is 2.06. The van der Waals surface area contributed by atoms with E-state index in [0.717, 1.165) is 31.7 Å². The Labute approximate surface area is 144 Å². The number of rotatable bonds is 9. The molecule has 0 aliphatic rings. The summed E-state index contributed by atoms with van der Waals surface area (Å²) in [5, 5.41) is 6.20. The maximum absolute atomic E-state index is 12.1. The van der Waals surface area contributed by atoms with E-state index in [0.29, 0.717) is 12.1 Å². The SMILES string of the molecule is CN(C)CCNC(=O)c1ccnc(NCCCc2ccccc2)c1. The molecule has 0 saturated heterocycles. The van der Waals surface area contributed by atoms with Crippen LogP contribution in [-0.4, -0.2) is 49.5 Å². The highest BCUT2D eigenvalue weighted by atomic mass is 16.1. The van der Waals surface area contributed by atoms with E-state index in [1.165, 1.54) is 5.56 Å². The van der Waals surface area contributed by atoms with Crippen molar-refractivity contribution in [3.05, 3.63) is 59.8 Å². The number of hydrogen-bond donors (Lipinski definition) is 2. The molecule has 24 heavy (non-hydrogen) atoms. The van der Waals surface area contributed by atoms with Crippen LogP contribution < -0.4 is 10.6 Å². The van der Waals surface area contributed by atoms with E-state index >= 15 is 0 Å². The normalized spacial score (nSPS) is 10.6. The highest BCUT2D eigenvalue weighted by Crippen LogP contribution is 2.08. The summed E-state index contributed by atoms with van der Waals surface area (Å²) < 4.78 is 0. The zero-order valence-electron chi connectivity index (χ0n) is 14.5. The van der Waals surface area contributed by atoms with Gasteiger partial charge in [-0.1, -0.05) is 30.3 Å². The average Bonchev–Trinajstić information content (AvgIpc) is 2.59. The van der Waals surface area contributed by atoms with Gasteiger partial charge in [-0.3, -0.25) is 4.79 Å². The standard InChI is InChI=1S/C19H26N4O/c1-23(2)14-13-22-19(24)17-10-12-21-18(15-17)20-11-6-9-16-7-4-3-5-8-16/h3-5,7-8,10,12,15H,6,9,11,13-14H2,1-2H3,(H,20,21)(H,22,24). The van der Waals surface area contributed by atoms with Gasteiger partial charge in [-0.15, -0.1) is 0 Å². The Morgan fingerprint density at radius 1 is 1.12 bits per heavy atom. The van der Waals surface area contributed by atoms with Crippen molar-refractivity contribution in [1.82, 2.24) is 15.2 Å². The predicted molar refractivity (Wildman–Crippen MR) is 98.4 cm³/mol. The summed E-state index contributed by atoms with van der Waals surface area (Å²) in [6.07, 6.45) is 3.71. The van der Waals surface area contributed by atoms with Crippen molar-refractivity contribution in [2.45, 2.75) is 12.8 Å². The molecule has 128 valence electrons. The van der Waals surface area contributed by atoms with Crippen molar-refractivity contribution in [2.24, 2.45) is 0 Å². The van der Waals surface area contributed by atoms with Crippen LogP contribution >= 0.6 is 0 Å². The summed E-state index contributed by atoms with van der Waals surface area (Å²) >= 11 is 0. The molecular weight excluding hydrogens is 300 g/mol. The number of anilines is 1. The number of aryl methyl sites for hydroxylation is 1. The van der Waals surface area contributed by atoms with Crippen LogP contribution in [0.2, 0.25) is 0 Å². The number of pyridine rings is 1. The van der Waals surface area contributed by atoms with Crippen LogP contribution in [0.15, 0.2) is 48.7 Å². The molecule has 5 nitrogen and oxygen atoms in total. The Balaban J connectivity index is 1.76. The van der Waals surface area contributed by atoms with E-state index in [1.807, 2.05) is 25.1 Å². The van der Waals surface area contributed by atoms with Crippen molar-refractivity contribution in [3.8, 4) is 0 Å². The molecule has 5 heteroatoms. The lowest BCUT2D eigenvalue weighted by atomic mass is 10.1. The van der Waals surface area contributed by atoms with E-state index < -0.39 is 0 Å². The molecule has 0 bridgehead atoms. The molecule has 0 saturated carbocycles. The molecule has 0 spiro atoms. The van der Waals surface area contributed by atoms with Gasteiger partial charge in [-0.25, -0.2) is 4.98 Å². The van der Waals surface area contributed by atoms with Crippen molar-refractivity contribution < 1.29 is 4.79 Å². The molecule has 1 aromatic heterocycles. The van der Waals surface area contributed by atoms with E-state index in [1.54, 1.807) is 18.3 Å². The van der Waals surface area contributed by atoms with Crippen LogP contribution in [0.25, 0.3) is 0 Å². The predicted octanol–water partition coefficient (Wildman–Crippen LogP) is 2.42. The van der Waals surface area contributed by atoms with Gasteiger partial charge in [0.2, 0.25) is 0 Å². The molecule has 2 rings (SSSR count). The molecule has 1 amide bonds. The molecule has 1 aromatic carbocycles. The number of hydrogen-bond acceptors (Lipinski definition) is 4. The number of carbonyl (C=O) groups excluding carboxylic acids is 1.